The summed E-state index contributed by atoms with van der Waals surface area (Å²) in [5.41, 5.74) is 4.40. The summed E-state index contributed by atoms with van der Waals surface area (Å²) >= 11 is 9.77. The fraction of sp³-hybridized carbons (Fsp3) is 0.0417. The van der Waals surface area contributed by atoms with E-state index in [0.29, 0.717) is 37.3 Å². The lowest BCUT2D eigenvalue weighted by Gasteiger charge is -2.12. The Hall–Kier alpha value is -4.20. The zero-order valence-corrected chi connectivity index (χ0v) is 20.0. The Bertz CT molecular complexity index is 1500. The number of amides is 1. The number of nitrogens with zero attached hydrogens (tertiary/aromatic N) is 3. The highest BCUT2D eigenvalue weighted by Crippen LogP contribution is 2.35. The van der Waals surface area contributed by atoms with E-state index in [1.807, 2.05) is 6.07 Å². The van der Waals surface area contributed by atoms with Crippen LogP contribution in [0.5, 0.6) is 5.75 Å². The molecule has 1 aromatic heterocycles. The molecule has 0 saturated heterocycles. The molecule has 0 aliphatic rings. The Balaban J connectivity index is 1.43. The SMILES string of the molecule is N#Cc1ccccc1COc1c(Cl)cc(/C=N/NC(=O)c2cc3cc([N+](=O)[O-])ccc3o2)cc1Br. The average Bonchev–Trinajstić information content (AvgIpc) is 3.27. The number of benzene rings is 3. The van der Waals surface area contributed by atoms with Crippen molar-refractivity contribution < 1.29 is 18.9 Å². The topological polar surface area (TPSA) is 131 Å². The van der Waals surface area contributed by atoms with Crippen LogP contribution in [0, 0.1) is 21.4 Å². The lowest BCUT2D eigenvalue weighted by Crippen LogP contribution is -2.16. The van der Waals surface area contributed by atoms with E-state index in [2.05, 4.69) is 32.5 Å². The van der Waals surface area contributed by atoms with E-state index in [-0.39, 0.29) is 18.1 Å². The van der Waals surface area contributed by atoms with Gasteiger partial charge in [0.15, 0.2) is 11.5 Å². The molecular weight excluding hydrogens is 540 g/mol. The van der Waals surface area contributed by atoms with E-state index in [4.69, 9.17) is 20.8 Å². The van der Waals surface area contributed by atoms with Crippen molar-refractivity contribution >= 4 is 56.3 Å². The predicted molar refractivity (Wildman–Crippen MR) is 133 cm³/mol. The maximum absolute atomic E-state index is 12.4. The van der Waals surface area contributed by atoms with E-state index < -0.39 is 10.8 Å². The molecular formula is C24H14BrClN4O5. The third kappa shape index (κ3) is 5.48. The minimum Gasteiger partial charge on any atom is -0.486 e. The number of hydrogen-bond acceptors (Lipinski definition) is 7. The molecule has 1 N–H and O–H groups in total. The number of nitro groups is 1. The van der Waals surface area contributed by atoms with Crippen LogP contribution in [-0.4, -0.2) is 17.0 Å². The second-order valence-corrected chi connectivity index (χ2v) is 8.42. The molecule has 0 aliphatic heterocycles. The number of nitro benzene ring substituents is 1. The molecule has 0 saturated carbocycles. The summed E-state index contributed by atoms with van der Waals surface area (Å²) < 4.78 is 11.8. The first-order chi connectivity index (χ1) is 16.9. The van der Waals surface area contributed by atoms with Crippen molar-refractivity contribution in [3.8, 4) is 11.8 Å². The van der Waals surface area contributed by atoms with Gasteiger partial charge in [-0.3, -0.25) is 14.9 Å². The number of hydrazone groups is 1. The van der Waals surface area contributed by atoms with Gasteiger partial charge in [-0.25, -0.2) is 5.43 Å². The van der Waals surface area contributed by atoms with Gasteiger partial charge in [0.05, 0.1) is 32.3 Å². The van der Waals surface area contributed by atoms with Crippen LogP contribution in [0.3, 0.4) is 0 Å². The number of carbonyl (C=O) groups excluding carboxylic acids is 1. The summed E-state index contributed by atoms with van der Waals surface area (Å²) in [5, 5.41) is 24.8. The maximum atomic E-state index is 12.4. The molecule has 0 aliphatic carbocycles. The summed E-state index contributed by atoms with van der Waals surface area (Å²) in [6.45, 7) is 0.159. The van der Waals surface area contributed by atoms with E-state index in [1.54, 1.807) is 30.3 Å². The molecule has 9 nitrogen and oxygen atoms in total. The Morgan fingerprint density at radius 2 is 2.06 bits per heavy atom. The van der Waals surface area contributed by atoms with Crippen molar-refractivity contribution in [1.29, 1.82) is 5.26 Å². The van der Waals surface area contributed by atoms with E-state index in [0.717, 1.165) is 5.56 Å². The lowest BCUT2D eigenvalue weighted by atomic mass is 10.1. The highest BCUT2D eigenvalue weighted by atomic mass is 79.9. The number of halogens is 2. The number of rotatable bonds is 7. The molecule has 0 spiro atoms. The number of non-ortho nitro benzene ring substituents is 1. The normalized spacial score (nSPS) is 10.9. The first kappa shape index (κ1) is 23.9. The number of furan rings is 1. The smallest absolute Gasteiger partial charge is 0.307 e. The molecule has 174 valence electrons. The molecule has 11 heteroatoms. The first-order valence-electron chi connectivity index (χ1n) is 9.97. The number of hydrogen-bond donors (Lipinski definition) is 1. The van der Waals surface area contributed by atoms with E-state index in [1.165, 1.54) is 30.5 Å². The summed E-state index contributed by atoms with van der Waals surface area (Å²) in [6, 6.07) is 18.0. The van der Waals surface area contributed by atoms with Crippen LogP contribution in [0.4, 0.5) is 5.69 Å². The number of nitriles is 1. The monoisotopic (exact) mass is 552 g/mol. The van der Waals surface area contributed by atoms with Crippen LogP contribution in [0.25, 0.3) is 11.0 Å². The van der Waals surface area contributed by atoms with Crippen molar-refractivity contribution in [3.05, 3.63) is 103 Å². The van der Waals surface area contributed by atoms with Gasteiger partial charge in [-0.1, -0.05) is 29.8 Å². The standard InChI is InChI=1S/C24H14BrClN4O5/c25-19-7-14(8-20(26)23(19)34-13-16-4-2-1-3-15(16)11-27)12-28-29-24(31)22-10-17-9-18(30(32)33)5-6-21(17)35-22/h1-10,12H,13H2,(H,29,31)/b28-12+. The minimum atomic E-state index is -0.624. The molecule has 0 fully saturated rings. The molecule has 4 aromatic rings. The lowest BCUT2D eigenvalue weighted by molar-refractivity contribution is -0.384. The van der Waals surface area contributed by atoms with Crippen LogP contribution in [-0.2, 0) is 6.61 Å². The second kappa shape index (κ2) is 10.4. The average molecular weight is 554 g/mol. The summed E-state index contributed by atoms with van der Waals surface area (Å²) in [4.78, 5) is 22.7. The highest BCUT2D eigenvalue weighted by Gasteiger charge is 2.15. The van der Waals surface area contributed by atoms with Crippen LogP contribution in [0.2, 0.25) is 5.02 Å². The van der Waals surface area contributed by atoms with Crippen LogP contribution >= 0.6 is 27.5 Å². The Morgan fingerprint density at radius 1 is 1.26 bits per heavy atom. The van der Waals surface area contributed by atoms with Gasteiger partial charge in [0.2, 0.25) is 0 Å². The molecule has 3 aromatic carbocycles. The zero-order valence-electron chi connectivity index (χ0n) is 17.7. The van der Waals surface area contributed by atoms with Gasteiger partial charge >= 0.3 is 5.91 Å². The summed E-state index contributed by atoms with van der Waals surface area (Å²) in [6.07, 6.45) is 1.39. The zero-order chi connectivity index (χ0) is 24.9. The fourth-order valence-electron chi connectivity index (χ4n) is 3.17. The van der Waals surface area contributed by atoms with Crippen molar-refractivity contribution in [3.63, 3.8) is 0 Å². The van der Waals surface area contributed by atoms with Crippen LogP contribution in [0.15, 0.2) is 74.7 Å². The van der Waals surface area contributed by atoms with Crippen molar-refractivity contribution in [2.24, 2.45) is 5.10 Å². The van der Waals surface area contributed by atoms with Gasteiger partial charge in [0.25, 0.3) is 5.69 Å². The van der Waals surface area contributed by atoms with Crippen LogP contribution < -0.4 is 10.2 Å². The summed E-state index contributed by atoms with van der Waals surface area (Å²) in [5.74, 6) is -0.267. The van der Waals surface area contributed by atoms with Gasteiger partial charge in [0.1, 0.15) is 12.2 Å². The van der Waals surface area contributed by atoms with Gasteiger partial charge in [-0.05, 0) is 51.8 Å². The Labute approximate surface area is 211 Å². The molecule has 4 rings (SSSR count). The quantitative estimate of drug-likeness (QED) is 0.170. The summed E-state index contributed by atoms with van der Waals surface area (Å²) in [7, 11) is 0. The molecule has 0 bridgehead atoms. The first-order valence-corrected chi connectivity index (χ1v) is 11.1. The van der Waals surface area contributed by atoms with Crippen LogP contribution in [0.1, 0.15) is 27.2 Å². The largest absolute Gasteiger partial charge is 0.486 e. The van der Waals surface area contributed by atoms with E-state index >= 15 is 0 Å². The molecule has 1 heterocycles. The molecule has 0 unspecified atom stereocenters. The minimum absolute atomic E-state index is 0.0433. The van der Waals surface area contributed by atoms with E-state index in [9.17, 15) is 20.2 Å². The number of ether oxygens (including phenoxy) is 1. The molecule has 1 amide bonds. The van der Waals surface area contributed by atoms with Crippen molar-refractivity contribution in [2.75, 3.05) is 0 Å². The Kier molecular flexibility index (Phi) is 7.10. The third-order valence-electron chi connectivity index (χ3n) is 4.84. The Morgan fingerprint density at radius 3 is 2.80 bits per heavy atom. The second-order valence-electron chi connectivity index (χ2n) is 7.16. The van der Waals surface area contributed by atoms with Gasteiger partial charge in [0, 0.05) is 23.1 Å². The van der Waals surface area contributed by atoms with Gasteiger partial charge in [-0.15, -0.1) is 0 Å². The maximum Gasteiger partial charge on any atom is 0.307 e. The van der Waals surface area contributed by atoms with Crippen molar-refractivity contribution in [1.82, 2.24) is 5.43 Å². The van der Waals surface area contributed by atoms with Gasteiger partial charge in [-0.2, -0.15) is 10.4 Å². The number of nitrogens with one attached hydrogen (secondary N) is 1. The van der Waals surface area contributed by atoms with Crippen molar-refractivity contribution in [2.45, 2.75) is 6.61 Å². The third-order valence-corrected chi connectivity index (χ3v) is 5.71. The van der Waals surface area contributed by atoms with Gasteiger partial charge < -0.3 is 9.15 Å². The number of fused-ring (bicyclic) bond motifs is 1. The molecule has 0 atom stereocenters. The number of carbonyl (C=O) groups is 1. The fourth-order valence-corrected chi connectivity index (χ4v) is 4.16. The molecule has 0 radical (unpaired) electrons. The highest BCUT2D eigenvalue weighted by molar-refractivity contribution is 9.10. The predicted octanol–water partition coefficient (Wildman–Crippen LogP) is 5.97. The molecule has 35 heavy (non-hydrogen) atoms.